The molecule has 0 saturated carbocycles. The second-order valence-corrected chi connectivity index (χ2v) is 8.93. The number of likely N-dealkylation sites (tertiary alicyclic amines) is 1. The van der Waals surface area contributed by atoms with Gasteiger partial charge in [0, 0.05) is 49.7 Å². The standard InChI is InChI=1S/C25H34N4O3/c1-4-32-25(31)21-7-6-14-28(17-21)24(30)20-11-15-27(16-12-20)23-22(8-5-13-26-23)29-18(2)9-10-19(29)3/h5,8-10,13,20-21H,4,6-7,11-12,14-17H2,1-3H3. The van der Waals surface area contributed by atoms with Crippen molar-refractivity contribution in [3.05, 3.63) is 41.9 Å². The first-order valence-corrected chi connectivity index (χ1v) is 11.8. The number of anilines is 1. The van der Waals surface area contributed by atoms with Gasteiger partial charge in [0.25, 0.3) is 0 Å². The van der Waals surface area contributed by atoms with Crippen molar-refractivity contribution in [2.45, 2.75) is 46.5 Å². The quantitative estimate of drug-likeness (QED) is 0.669. The second-order valence-electron chi connectivity index (χ2n) is 8.93. The van der Waals surface area contributed by atoms with Crippen molar-refractivity contribution in [1.82, 2.24) is 14.5 Å². The summed E-state index contributed by atoms with van der Waals surface area (Å²) in [5.41, 5.74) is 3.46. The minimum Gasteiger partial charge on any atom is -0.466 e. The summed E-state index contributed by atoms with van der Waals surface area (Å²) >= 11 is 0. The average Bonchev–Trinajstić information content (AvgIpc) is 3.16. The molecule has 7 nitrogen and oxygen atoms in total. The molecule has 2 saturated heterocycles. The Kier molecular flexibility index (Phi) is 6.82. The van der Waals surface area contributed by atoms with Crippen LogP contribution in [0.1, 0.15) is 44.0 Å². The van der Waals surface area contributed by atoms with E-state index >= 15 is 0 Å². The van der Waals surface area contributed by atoms with E-state index < -0.39 is 0 Å². The van der Waals surface area contributed by atoms with Crippen LogP contribution in [-0.2, 0) is 14.3 Å². The van der Waals surface area contributed by atoms with Crippen LogP contribution in [-0.4, -0.2) is 59.1 Å². The van der Waals surface area contributed by atoms with Crippen molar-refractivity contribution < 1.29 is 14.3 Å². The van der Waals surface area contributed by atoms with Gasteiger partial charge in [0.2, 0.25) is 5.91 Å². The first-order valence-electron chi connectivity index (χ1n) is 11.8. The van der Waals surface area contributed by atoms with Gasteiger partial charge in [0.15, 0.2) is 5.82 Å². The molecule has 2 aromatic heterocycles. The number of carbonyl (C=O) groups is 2. The van der Waals surface area contributed by atoms with E-state index in [1.165, 1.54) is 11.4 Å². The van der Waals surface area contributed by atoms with Crippen LogP contribution >= 0.6 is 0 Å². The minimum atomic E-state index is -0.183. The SMILES string of the molecule is CCOC(=O)C1CCCN(C(=O)C2CCN(c3ncccc3-n3c(C)ccc3C)CC2)C1. The minimum absolute atomic E-state index is 0.00871. The zero-order valence-corrected chi connectivity index (χ0v) is 19.4. The number of aromatic nitrogens is 2. The number of esters is 1. The van der Waals surface area contributed by atoms with Gasteiger partial charge >= 0.3 is 5.97 Å². The zero-order chi connectivity index (χ0) is 22.7. The van der Waals surface area contributed by atoms with E-state index in [0.717, 1.165) is 56.8 Å². The molecule has 2 aliphatic rings. The highest BCUT2D eigenvalue weighted by molar-refractivity contribution is 5.81. The molecule has 1 atom stereocenters. The normalized spacial score (nSPS) is 19.8. The molecule has 2 aromatic rings. The number of pyridine rings is 1. The van der Waals surface area contributed by atoms with E-state index in [4.69, 9.17) is 9.72 Å². The summed E-state index contributed by atoms with van der Waals surface area (Å²) in [7, 11) is 0. The van der Waals surface area contributed by atoms with Crippen molar-refractivity contribution in [3.8, 4) is 5.69 Å². The Morgan fingerprint density at radius 2 is 1.75 bits per heavy atom. The summed E-state index contributed by atoms with van der Waals surface area (Å²) in [4.78, 5) is 34.2. The summed E-state index contributed by atoms with van der Waals surface area (Å²) in [6.45, 7) is 9.26. The molecule has 0 N–H and O–H groups in total. The summed E-state index contributed by atoms with van der Waals surface area (Å²) in [5.74, 6) is 0.822. The lowest BCUT2D eigenvalue weighted by molar-refractivity contribution is -0.152. The van der Waals surface area contributed by atoms with Gasteiger partial charge in [-0.05, 0) is 70.7 Å². The van der Waals surface area contributed by atoms with Crippen molar-refractivity contribution in [2.75, 3.05) is 37.7 Å². The Labute approximate surface area is 190 Å². The summed E-state index contributed by atoms with van der Waals surface area (Å²) in [5, 5.41) is 0. The molecule has 1 amide bonds. The van der Waals surface area contributed by atoms with Crippen LogP contribution in [0, 0.1) is 25.7 Å². The molecule has 4 heterocycles. The topological polar surface area (TPSA) is 67.7 Å². The van der Waals surface area contributed by atoms with E-state index in [2.05, 4.69) is 41.5 Å². The molecule has 0 aromatic carbocycles. The third-order valence-corrected chi connectivity index (χ3v) is 6.77. The maximum Gasteiger partial charge on any atom is 0.310 e. The lowest BCUT2D eigenvalue weighted by Crippen LogP contribution is -2.47. The predicted molar refractivity (Wildman–Crippen MR) is 124 cm³/mol. The number of amides is 1. The fourth-order valence-corrected chi connectivity index (χ4v) is 5.08. The molecule has 2 aliphatic heterocycles. The lowest BCUT2D eigenvalue weighted by atomic mass is 9.92. The zero-order valence-electron chi connectivity index (χ0n) is 19.4. The van der Waals surface area contributed by atoms with Crippen LogP contribution in [0.15, 0.2) is 30.5 Å². The number of carbonyl (C=O) groups excluding carboxylic acids is 2. The maximum atomic E-state index is 13.2. The summed E-state index contributed by atoms with van der Waals surface area (Å²) in [6, 6.07) is 8.34. The van der Waals surface area contributed by atoms with Gasteiger partial charge < -0.3 is 19.1 Å². The van der Waals surface area contributed by atoms with E-state index in [1.807, 2.05) is 24.1 Å². The molecule has 7 heteroatoms. The molecular formula is C25H34N4O3. The Hall–Kier alpha value is -2.83. The van der Waals surface area contributed by atoms with Crippen LogP contribution in [0.25, 0.3) is 5.69 Å². The Morgan fingerprint density at radius 1 is 1.03 bits per heavy atom. The third-order valence-electron chi connectivity index (χ3n) is 6.77. The second kappa shape index (κ2) is 9.76. The van der Waals surface area contributed by atoms with Gasteiger partial charge in [0.05, 0.1) is 18.2 Å². The molecule has 0 radical (unpaired) electrons. The largest absolute Gasteiger partial charge is 0.466 e. The fraction of sp³-hybridized carbons (Fsp3) is 0.560. The average molecular weight is 439 g/mol. The van der Waals surface area contributed by atoms with E-state index in [0.29, 0.717) is 13.2 Å². The van der Waals surface area contributed by atoms with Crippen LogP contribution in [0.5, 0.6) is 0 Å². The van der Waals surface area contributed by atoms with E-state index in [1.54, 1.807) is 0 Å². The number of hydrogen-bond donors (Lipinski definition) is 0. The lowest BCUT2D eigenvalue weighted by Gasteiger charge is -2.38. The first-order chi connectivity index (χ1) is 15.5. The van der Waals surface area contributed by atoms with Gasteiger partial charge in [-0.2, -0.15) is 0 Å². The van der Waals surface area contributed by atoms with Gasteiger partial charge in [0.1, 0.15) is 0 Å². The molecule has 0 spiro atoms. The highest BCUT2D eigenvalue weighted by atomic mass is 16.5. The molecule has 0 bridgehead atoms. The smallest absolute Gasteiger partial charge is 0.310 e. The molecule has 172 valence electrons. The van der Waals surface area contributed by atoms with E-state index in [-0.39, 0.29) is 23.7 Å². The van der Waals surface area contributed by atoms with Gasteiger partial charge in [-0.25, -0.2) is 4.98 Å². The number of ether oxygens (including phenoxy) is 1. The van der Waals surface area contributed by atoms with E-state index in [9.17, 15) is 9.59 Å². The Bertz CT molecular complexity index is 942. The van der Waals surface area contributed by atoms with Crippen molar-refractivity contribution in [1.29, 1.82) is 0 Å². The van der Waals surface area contributed by atoms with Gasteiger partial charge in [-0.3, -0.25) is 9.59 Å². The first kappa shape index (κ1) is 22.4. The summed E-state index contributed by atoms with van der Waals surface area (Å²) < 4.78 is 7.42. The number of nitrogens with zero attached hydrogens (tertiary/aromatic N) is 4. The number of aryl methyl sites for hydroxylation is 2. The number of hydrogen-bond acceptors (Lipinski definition) is 5. The molecule has 2 fully saturated rings. The van der Waals surface area contributed by atoms with Crippen LogP contribution < -0.4 is 4.90 Å². The third kappa shape index (κ3) is 4.52. The highest BCUT2D eigenvalue weighted by Crippen LogP contribution is 2.30. The van der Waals surface area contributed by atoms with Gasteiger partial charge in [-0.1, -0.05) is 0 Å². The van der Waals surface area contributed by atoms with Crippen LogP contribution in [0.3, 0.4) is 0 Å². The molecular weight excluding hydrogens is 404 g/mol. The van der Waals surface area contributed by atoms with Crippen molar-refractivity contribution >= 4 is 17.7 Å². The van der Waals surface area contributed by atoms with Crippen molar-refractivity contribution in [3.63, 3.8) is 0 Å². The number of piperidine rings is 2. The maximum absolute atomic E-state index is 13.2. The summed E-state index contributed by atoms with van der Waals surface area (Å²) in [6.07, 6.45) is 5.12. The molecule has 1 unspecified atom stereocenters. The predicted octanol–water partition coefficient (Wildman–Crippen LogP) is 3.51. The van der Waals surface area contributed by atoms with Crippen molar-refractivity contribution in [2.24, 2.45) is 11.8 Å². The van der Waals surface area contributed by atoms with Gasteiger partial charge in [-0.15, -0.1) is 0 Å². The monoisotopic (exact) mass is 438 g/mol. The molecule has 4 rings (SSSR count). The Balaban J connectivity index is 1.41. The Morgan fingerprint density at radius 3 is 2.44 bits per heavy atom. The highest BCUT2D eigenvalue weighted by Gasteiger charge is 2.34. The molecule has 32 heavy (non-hydrogen) atoms. The van der Waals surface area contributed by atoms with Crippen LogP contribution in [0.4, 0.5) is 5.82 Å². The van der Waals surface area contributed by atoms with Crippen LogP contribution in [0.2, 0.25) is 0 Å². The number of rotatable bonds is 5. The fourth-order valence-electron chi connectivity index (χ4n) is 5.08. The molecule has 0 aliphatic carbocycles.